The number of alkyl halides is 3. The van der Waals surface area contributed by atoms with E-state index >= 15 is 0 Å². The molecule has 5 nitrogen and oxygen atoms in total. The van der Waals surface area contributed by atoms with Gasteiger partial charge in [0, 0.05) is 23.8 Å². The van der Waals surface area contributed by atoms with Gasteiger partial charge in [-0.25, -0.2) is 0 Å². The number of rotatable bonds is 6. The van der Waals surface area contributed by atoms with Crippen molar-refractivity contribution in [3.63, 3.8) is 0 Å². The second kappa shape index (κ2) is 10.4. The van der Waals surface area contributed by atoms with E-state index < -0.39 is 28.7 Å². The molecule has 1 aliphatic rings. The fourth-order valence-corrected chi connectivity index (χ4v) is 4.72. The Morgan fingerprint density at radius 3 is 2.60 bits per heavy atom. The quantitative estimate of drug-likeness (QED) is 0.407. The molecule has 35 heavy (non-hydrogen) atoms. The zero-order chi connectivity index (χ0) is 25.2. The second-order valence-corrected chi connectivity index (χ2v) is 9.48. The second-order valence-electron chi connectivity index (χ2n) is 9.10. The molecule has 1 fully saturated rings. The number of carbonyl (C=O) groups is 1. The maximum Gasteiger partial charge on any atom is 0.417 e. The van der Waals surface area contributed by atoms with Crippen LogP contribution in [0.25, 0.3) is 11.1 Å². The molecule has 3 aromatic rings. The fourth-order valence-electron chi connectivity index (χ4n) is 4.41. The molecule has 0 aliphatic carbocycles. The van der Waals surface area contributed by atoms with E-state index in [2.05, 4.69) is 15.7 Å². The van der Waals surface area contributed by atoms with Crippen LogP contribution in [0.15, 0.2) is 54.9 Å². The number of piperidine rings is 1. The lowest BCUT2D eigenvalue weighted by Gasteiger charge is -2.32. The van der Waals surface area contributed by atoms with Gasteiger partial charge in [0.1, 0.15) is 0 Å². The monoisotopic (exact) mass is 504 g/mol. The van der Waals surface area contributed by atoms with Crippen molar-refractivity contribution in [1.82, 2.24) is 20.4 Å². The normalized spacial score (nSPS) is 17.4. The minimum Gasteiger partial charge on any atom is -0.344 e. The van der Waals surface area contributed by atoms with Gasteiger partial charge in [-0.05, 0) is 62.6 Å². The van der Waals surface area contributed by atoms with E-state index in [0.29, 0.717) is 0 Å². The van der Waals surface area contributed by atoms with Gasteiger partial charge < -0.3 is 10.6 Å². The summed E-state index contributed by atoms with van der Waals surface area (Å²) in [7, 11) is 0. The van der Waals surface area contributed by atoms with Crippen molar-refractivity contribution >= 4 is 17.5 Å². The first kappa shape index (κ1) is 25.3. The van der Waals surface area contributed by atoms with Gasteiger partial charge in [-0.2, -0.15) is 18.3 Å². The number of halogens is 4. The molecular formula is C26H28ClF3N4O. The number of carbonyl (C=O) groups excluding carboxylic acids is 1. The van der Waals surface area contributed by atoms with E-state index in [0.717, 1.165) is 48.6 Å². The number of amides is 1. The molecule has 1 aromatic heterocycles. The van der Waals surface area contributed by atoms with Crippen LogP contribution in [0, 0.1) is 0 Å². The van der Waals surface area contributed by atoms with E-state index in [1.54, 1.807) is 6.20 Å². The molecule has 1 saturated heterocycles. The average molecular weight is 505 g/mol. The lowest BCUT2D eigenvalue weighted by molar-refractivity contribution is -0.137. The van der Waals surface area contributed by atoms with Gasteiger partial charge in [-0.3, -0.25) is 9.48 Å². The first-order chi connectivity index (χ1) is 16.6. The third-order valence-electron chi connectivity index (χ3n) is 6.30. The molecule has 9 heteroatoms. The fraction of sp³-hybridized carbons (Fsp3) is 0.385. The number of hydrogen-bond acceptors (Lipinski definition) is 3. The van der Waals surface area contributed by atoms with E-state index in [1.165, 1.54) is 12.1 Å². The standard InChI is InChI=1S/C26H28ClF3N4O/c1-16(2)34-15-19(14-32-34)17-7-5-8-18(13-17)24(22-11-3-4-12-31-22)33-25(35)20-9-6-10-21(23(20)27)26(28,29)30/h5-10,13-16,22,24,31H,3-4,11-12H2,1-2H3,(H,33,35)/t22-,24-/m0/s1. The van der Waals surface area contributed by atoms with Crippen LogP contribution < -0.4 is 10.6 Å². The largest absolute Gasteiger partial charge is 0.417 e. The summed E-state index contributed by atoms with van der Waals surface area (Å²) in [5, 5.41) is 10.2. The van der Waals surface area contributed by atoms with Crippen molar-refractivity contribution in [2.75, 3.05) is 6.54 Å². The van der Waals surface area contributed by atoms with Crippen LogP contribution in [0.3, 0.4) is 0 Å². The Hall–Kier alpha value is -2.84. The van der Waals surface area contributed by atoms with E-state index in [1.807, 2.05) is 49.0 Å². The number of aromatic nitrogens is 2. The molecule has 0 spiro atoms. The molecule has 0 bridgehead atoms. The molecule has 0 unspecified atom stereocenters. The highest BCUT2D eigenvalue weighted by Crippen LogP contribution is 2.36. The molecule has 2 heterocycles. The minimum absolute atomic E-state index is 0.0640. The smallest absolute Gasteiger partial charge is 0.344 e. The summed E-state index contributed by atoms with van der Waals surface area (Å²) < 4.78 is 41.9. The zero-order valence-corrected chi connectivity index (χ0v) is 20.3. The van der Waals surface area contributed by atoms with Crippen molar-refractivity contribution in [3.05, 3.63) is 76.6 Å². The van der Waals surface area contributed by atoms with Crippen LogP contribution in [0.1, 0.15) is 66.7 Å². The van der Waals surface area contributed by atoms with Crippen LogP contribution in [-0.2, 0) is 6.18 Å². The van der Waals surface area contributed by atoms with Crippen LogP contribution in [0.4, 0.5) is 13.2 Å². The maximum atomic E-state index is 13.3. The van der Waals surface area contributed by atoms with Crippen molar-refractivity contribution in [3.8, 4) is 11.1 Å². The van der Waals surface area contributed by atoms with Crippen LogP contribution in [-0.4, -0.2) is 28.3 Å². The summed E-state index contributed by atoms with van der Waals surface area (Å²) in [6, 6.07) is 10.9. The Balaban J connectivity index is 1.67. The molecule has 186 valence electrons. The van der Waals surface area contributed by atoms with Crippen LogP contribution in [0.5, 0.6) is 0 Å². The molecule has 2 aromatic carbocycles. The van der Waals surface area contributed by atoms with E-state index in [4.69, 9.17) is 11.6 Å². The third kappa shape index (κ3) is 5.70. The first-order valence-corrected chi connectivity index (χ1v) is 12.1. The minimum atomic E-state index is -4.65. The Bertz CT molecular complexity index is 1190. The lowest BCUT2D eigenvalue weighted by Crippen LogP contribution is -2.46. The Labute approximate surface area is 207 Å². The van der Waals surface area contributed by atoms with Crippen LogP contribution in [0.2, 0.25) is 5.02 Å². The van der Waals surface area contributed by atoms with Crippen molar-refractivity contribution < 1.29 is 18.0 Å². The summed E-state index contributed by atoms with van der Waals surface area (Å²) in [6.45, 7) is 4.90. The molecule has 0 saturated carbocycles. The summed E-state index contributed by atoms with van der Waals surface area (Å²) in [4.78, 5) is 13.2. The molecule has 1 aliphatic heterocycles. The molecule has 0 radical (unpaired) electrons. The molecule has 2 N–H and O–H groups in total. The SMILES string of the molecule is CC(C)n1cc(-c2cccc([C@H](NC(=O)c3cccc(C(F)(F)F)c3Cl)[C@@H]3CCCCN3)c2)cn1. The molecule has 4 rings (SSSR count). The van der Waals surface area contributed by atoms with Crippen molar-refractivity contribution in [1.29, 1.82) is 0 Å². The third-order valence-corrected chi connectivity index (χ3v) is 6.70. The summed E-state index contributed by atoms with van der Waals surface area (Å²) in [5.41, 5.74) is 1.53. The van der Waals surface area contributed by atoms with Gasteiger partial charge in [-0.1, -0.05) is 42.3 Å². The van der Waals surface area contributed by atoms with Crippen LogP contribution >= 0.6 is 11.6 Å². The summed E-state index contributed by atoms with van der Waals surface area (Å²) >= 11 is 6.03. The van der Waals surface area contributed by atoms with Gasteiger partial charge >= 0.3 is 6.18 Å². The summed E-state index contributed by atoms with van der Waals surface area (Å²) in [6.07, 6.45) is 1.98. The van der Waals surface area contributed by atoms with Gasteiger partial charge in [-0.15, -0.1) is 0 Å². The Morgan fingerprint density at radius 2 is 1.94 bits per heavy atom. The number of nitrogens with one attached hydrogen (secondary N) is 2. The first-order valence-electron chi connectivity index (χ1n) is 11.7. The molecular weight excluding hydrogens is 477 g/mol. The molecule has 1 amide bonds. The Kier molecular flexibility index (Phi) is 7.52. The van der Waals surface area contributed by atoms with Gasteiger partial charge in [0.15, 0.2) is 0 Å². The van der Waals surface area contributed by atoms with E-state index in [-0.39, 0.29) is 17.6 Å². The maximum absolute atomic E-state index is 13.3. The summed E-state index contributed by atoms with van der Waals surface area (Å²) in [5.74, 6) is -0.642. The predicted octanol–water partition coefficient (Wildman–Crippen LogP) is 6.42. The average Bonchev–Trinajstić information content (AvgIpc) is 3.33. The molecule has 2 atom stereocenters. The van der Waals surface area contributed by atoms with Gasteiger partial charge in [0.05, 0.1) is 28.4 Å². The van der Waals surface area contributed by atoms with E-state index in [9.17, 15) is 18.0 Å². The lowest BCUT2D eigenvalue weighted by atomic mass is 9.90. The Morgan fingerprint density at radius 1 is 1.17 bits per heavy atom. The van der Waals surface area contributed by atoms with Crippen molar-refractivity contribution in [2.24, 2.45) is 0 Å². The number of benzene rings is 2. The predicted molar refractivity (Wildman–Crippen MR) is 130 cm³/mol. The number of nitrogens with zero attached hydrogens (tertiary/aromatic N) is 2. The van der Waals surface area contributed by atoms with Crippen molar-refractivity contribution in [2.45, 2.75) is 57.4 Å². The zero-order valence-electron chi connectivity index (χ0n) is 19.6. The highest BCUT2D eigenvalue weighted by atomic mass is 35.5. The van der Waals surface area contributed by atoms with Gasteiger partial charge in [0.25, 0.3) is 5.91 Å². The number of hydrogen-bond donors (Lipinski definition) is 2. The highest BCUT2D eigenvalue weighted by molar-refractivity contribution is 6.34. The highest BCUT2D eigenvalue weighted by Gasteiger charge is 2.35. The topological polar surface area (TPSA) is 59.0 Å². The van der Waals surface area contributed by atoms with Gasteiger partial charge in [0.2, 0.25) is 0 Å².